The molecule has 0 radical (unpaired) electrons. The second kappa shape index (κ2) is 22.4. The van der Waals surface area contributed by atoms with E-state index < -0.39 is 76.6 Å². The summed E-state index contributed by atoms with van der Waals surface area (Å²) < 4.78 is 5.29. The first kappa shape index (κ1) is 47.6. The van der Waals surface area contributed by atoms with E-state index in [-0.39, 0.29) is 25.0 Å². The highest BCUT2D eigenvalue weighted by Gasteiger charge is 2.50. The molecule has 314 valence electrons. The van der Waals surface area contributed by atoms with Crippen LogP contribution in [0.2, 0.25) is 0 Å². The van der Waals surface area contributed by atoms with Crippen LogP contribution >= 0.6 is 24.4 Å². The number of hydrogen-bond acceptors (Lipinski definition) is 9. The maximum Gasteiger partial charge on any atom is 0.408 e. The number of amides is 5. The zero-order valence-electron chi connectivity index (χ0n) is 34.7. The van der Waals surface area contributed by atoms with Gasteiger partial charge in [0.15, 0.2) is 5.78 Å². The van der Waals surface area contributed by atoms with Crippen LogP contribution in [0, 0.1) is 12.8 Å². The minimum Gasteiger partial charge on any atom is -0.444 e. The fourth-order valence-electron chi connectivity index (χ4n) is 6.43. The Kier molecular flexibility index (Phi) is 18.3. The summed E-state index contributed by atoms with van der Waals surface area (Å²) in [5, 5.41) is 13.7. The number of carbonyl (C=O) groups is 6. The van der Waals surface area contributed by atoms with Crippen LogP contribution in [0.1, 0.15) is 63.3 Å². The predicted octanol–water partition coefficient (Wildman–Crippen LogP) is 4.72. The molecule has 0 aliphatic heterocycles. The Labute approximate surface area is 352 Å². The molecule has 0 aliphatic carbocycles. The van der Waals surface area contributed by atoms with Crippen molar-refractivity contribution in [1.29, 1.82) is 0 Å². The van der Waals surface area contributed by atoms with Crippen molar-refractivity contribution >= 4 is 59.9 Å². The van der Waals surface area contributed by atoms with Gasteiger partial charge in [-0.15, -0.1) is 0 Å². The minimum atomic E-state index is -1.72. The average molecular weight is 834 g/mol. The number of likely N-dealkylation sites (N-methyl/N-ethyl adjacent to an activating group) is 1. The Morgan fingerprint density at radius 2 is 1.29 bits per heavy atom. The van der Waals surface area contributed by atoms with Gasteiger partial charge in [0.2, 0.25) is 23.6 Å². The van der Waals surface area contributed by atoms with Gasteiger partial charge in [-0.05, 0) is 75.2 Å². The summed E-state index contributed by atoms with van der Waals surface area (Å²) in [6.45, 7) is 10.5. The van der Waals surface area contributed by atoms with Crippen molar-refractivity contribution in [3.05, 3.63) is 107 Å². The Balaban J connectivity index is 2.01. The molecule has 12 nitrogen and oxygen atoms in total. The summed E-state index contributed by atoms with van der Waals surface area (Å²) in [5.74, 6) is -2.99. The highest BCUT2D eigenvalue weighted by atomic mass is 32.2. The number of carbonyl (C=O) groups excluding carboxylic acids is 6. The molecule has 5 amide bonds. The van der Waals surface area contributed by atoms with Gasteiger partial charge in [-0.25, -0.2) is 4.79 Å². The third-order valence-electron chi connectivity index (χ3n) is 9.49. The first-order valence-electron chi connectivity index (χ1n) is 19.4. The zero-order chi connectivity index (χ0) is 43.0. The molecule has 3 rings (SSSR count). The van der Waals surface area contributed by atoms with E-state index in [0.717, 1.165) is 16.7 Å². The molecule has 5 N–H and O–H groups in total. The summed E-state index contributed by atoms with van der Waals surface area (Å²) >= 11 is 5.72. The lowest BCUT2D eigenvalue weighted by molar-refractivity contribution is -0.140. The summed E-state index contributed by atoms with van der Waals surface area (Å²) in [7, 11) is 1.49. The van der Waals surface area contributed by atoms with E-state index in [1.165, 1.54) is 18.8 Å². The molecule has 5 atom stereocenters. The van der Waals surface area contributed by atoms with E-state index in [1.54, 1.807) is 65.0 Å². The molecule has 0 heterocycles. The lowest BCUT2D eigenvalue weighted by Gasteiger charge is -2.35. The molecule has 0 saturated carbocycles. The third kappa shape index (κ3) is 13.6. The highest BCUT2D eigenvalue weighted by Crippen LogP contribution is 2.33. The summed E-state index contributed by atoms with van der Waals surface area (Å²) in [6.07, 6.45) is 1.38. The van der Waals surface area contributed by atoms with Gasteiger partial charge in [0.1, 0.15) is 29.1 Å². The standard InChI is InChI=1S/C44H59N5O7S2/c1-28(2)36(49-39(52)35(27-57)48-42(55)56-43(4,5)6)40(53)47-34(25-30-15-11-9-12-16-30)38(51)46-33(23-24-58-8)37(50)44(41(54)45-7,32-17-13-10-14-18-32)26-31-21-19-29(3)20-22-31/h9-22,28,33-36,57H,23-27H2,1-8H3,(H,45,54)(H,46,51)(H,47,53)(H,48,55)(H,49,52)/t33-,34+,35-,36-,44-/m0/s1. The van der Waals surface area contributed by atoms with Gasteiger partial charge in [0.05, 0.1) is 6.04 Å². The topological polar surface area (TPSA) is 172 Å². The van der Waals surface area contributed by atoms with E-state index in [1.807, 2.05) is 67.8 Å². The van der Waals surface area contributed by atoms with Crippen molar-refractivity contribution in [2.45, 2.75) is 96.0 Å². The Hall–Kier alpha value is -4.82. The number of aryl methyl sites for hydroxylation is 1. The van der Waals surface area contributed by atoms with Crippen molar-refractivity contribution in [3.63, 3.8) is 0 Å². The minimum absolute atomic E-state index is 0.0391. The second-order valence-corrected chi connectivity index (χ2v) is 16.9. The number of benzene rings is 3. The van der Waals surface area contributed by atoms with Gasteiger partial charge in [0.25, 0.3) is 0 Å². The van der Waals surface area contributed by atoms with Gasteiger partial charge in [-0.1, -0.05) is 104 Å². The van der Waals surface area contributed by atoms with E-state index in [2.05, 4.69) is 39.2 Å². The quantitative estimate of drug-likeness (QED) is 0.0702. The van der Waals surface area contributed by atoms with Crippen LogP contribution in [0.5, 0.6) is 0 Å². The fourth-order valence-corrected chi connectivity index (χ4v) is 7.16. The van der Waals surface area contributed by atoms with E-state index in [9.17, 15) is 24.0 Å². The van der Waals surface area contributed by atoms with E-state index in [0.29, 0.717) is 11.3 Å². The van der Waals surface area contributed by atoms with Crippen LogP contribution in [-0.4, -0.2) is 90.1 Å². The number of Topliss-reactive ketones (excluding diaryl/α,β-unsaturated/α-hetero) is 1. The molecule has 0 spiro atoms. The van der Waals surface area contributed by atoms with Crippen molar-refractivity contribution in [2.75, 3.05) is 24.8 Å². The normalized spacial score (nSPS) is 14.4. The third-order valence-corrected chi connectivity index (χ3v) is 10.5. The average Bonchev–Trinajstić information content (AvgIpc) is 3.19. The van der Waals surface area contributed by atoms with Crippen LogP contribution in [0.4, 0.5) is 4.79 Å². The van der Waals surface area contributed by atoms with Crippen molar-refractivity contribution in [2.24, 2.45) is 5.92 Å². The molecule has 0 bridgehead atoms. The number of ketones is 1. The van der Waals surface area contributed by atoms with Gasteiger partial charge in [-0.3, -0.25) is 24.0 Å². The molecule has 0 fully saturated rings. The number of nitrogens with one attached hydrogen (secondary N) is 5. The molecular weight excluding hydrogens is 775 g/mol. The van der Waals surface area contributed by atoms with E-state index >= 15 is 4.79 Å². The molecule has 14 heteroatoms. The Morgan fingerprint density at radius 3 is 1.83 bits per heavy atom. The number of alkyl carbamates (subject to hydrolysis) is 1. The maximum atomic E-state index is 15.2. The fraction of sp³-hybridized carbons (Fsp3) is 0.455. The zero-order valence-corrected chi connectivity index (χ0v) is 36.4. The molecule has 58 heavy (non-hydrogen) atoms. The van der Waals surface area contributed by atoms with Crippen LogP contribution < -0.4 is 26.6 Å². The Bertz CT molecular complexity index is 1840. The first-order chi connectivity index (χ1) is 27.4. The summed E-state index contributed by atoms with van der Waals surface area (Å²) in [4.78, 5) is 83.8. The molecule has 3 aromatic rings. The SMILES string of the molecule is CNC(=O)[C@](Cc1ccc(C)cc1)(C(=O)[C@H](CCSC)NC(=O)[C@@H](Cc1ccccc1)NC(=O)[C@@H](NC(=O)[C@H](CS)NC(=O)OC(C)(C)C)C(C)C)c1ccccc1. The van der Waals surface area contributed by atoms with Crippen LogP contribution in [0.15, 0.2) is 84.9 Å². The number of ether oxygens (including phenoxy) is 1. The maximum absolute atomic E-state index is 15.2. The van der Waals surface area contributed by atoms with Crippen molar-refractivity contribution < 1.29 is 33.5 Å². The molecule has 0 aromatic heterocycles. The van der Waals surface area contributed by atoms with Crippen molar-refractivity contribution in [3.8, 4) is 0 Å². The van der Waals surface area contributed by atoms with Crippen LogP contribution in [-0.2, 0) is 47.0 Å². The monoisotopic (exact) mass is 833 g/mol. The van der Waals surface area contributed by atoms with Gasteiger partial charge in [0, 0.05) is 19.2 Å². The molecular formula is C44H59N5O7S2. The number of thiol groups is 1. The van der Waals surface area contributed by atoms with Crippen molar-refractivity contribution in [1.82, 2.24) is 26.6 Å². The Morgan fingerprint density at radius 1 is 0.724 bits per heavy atom. The lowest BCUT2D eigenvalue weighted by atomic mass is 9.69. The van der Waals surface area contributed by atoms with Gasteiger partial charge < -0.3 is 31.3 Å². The molecule has 3 aromatic carbocycles. The lowest BCUT2D eigenvalue weighted by Crippen LogP contribution is -2.62. The van der Waals surface area contributed by atoms with Gasteiger partial charge in [-0.2, -0.15) is 24.4 Å². The highest BCUT2D eigenvalue weighted by molar-refractivity contribution is 7.98. The largest absolute Gasteiger partial charge is 0.444 e. The summed E-state index contributed by atoms with van der Waals surface area (Å²) in [5.41, 5.74) is 0.480. The molecule has 0 unspecified atom stereocenters. The number of rotatable bonds is 20. The molecule has 0 aliphatic rings. The number of thioether (sulfide) groups is 1. The van der Waals surface area contributed by atoms with Crippen LogP contribution in [0.25, 0.3) is 0 Å². The predicted molar refractivity (Wildman–Crippen MR) is 233 cm³/mol. The number of hydrogen-bond donors (Lipinski definition) is 6. The van der Waals surface area contributed by atoms with Crippen LogP contribution in [0.3, 0.4) is 0 Å². The second-order valence-electron chi connectivity index (χ2n) is 15.6. The van der Waals surface area contributed by atoms with E-state index in [4.69, 9.17) is 4.74 Å². The smallest absolute Gasteiger partial charge is 0.408 e. The molecule has 0 saturated heterocycles. The first-order valence-corrected chi connectivity index (χ1v) is 21.4. The summed E-state index contributed by atoms with van der Waals surface area (Å²) in [6, 6.07) is 21.0. The van der Waals surface area contributed by atoms with Gasteiger partial charge >= 0.3 is 6.09 Å².